The van der Waals surface area contributed by atoms with Crippen molar-refractivity contribution in [1.29, 1.82) is 0 Å². The largest absolute Gasteiger partial charge is 0.307 e. The fourth-order valence-corrected chi connectivity index (χ4v) is 0.957. The molecule has 0 amide bonds. The molecule has 0 fully saturated rings. The molecule has 0 bridgehead atoms. The lowest BCUT2D eigenvalue weighted by Gasteiger charge is -2.00. The molecule has 0 aliphatic rings. The minimum atomic E-state index is 0.850. The minimum Gasteiger partial charge on any atom is -0.307 e. The monoisotopic (exact) mass is 149 g/mol. The summed E-state index contributed by atoms with van der Waals surface area (Å²) >= 11 is 0. The van der Waals surface area contributed by atoms with Gasteiger partial charge in [0, 0.05) is 25.6 Å². The molecule has 1 heterocycles. The summed E-state index contributed by atoms with van der Waals surface area (Å²) in [7, 11) is 1.74. The third kappa shape index (κ3) is 1.37. The summed E-state index contributed by atoms with van der Waals surface area (Å²) in [5.41, 5.74) is 1.76. The molecule has 0 saturated heterocycles. The number of aromatic nitrogens is 2. The second-order valence-electron chi connectivity index (χ2n) is 2.15. The lowest BCUT2D eigenvalue weighted by Crippen LogP contribution is -2.20. The zero-order valence-corrected chi connectivity index (χ0v) is 6.78. The van der Waals surface area contributed by atoms with Gasteiger partial charge in [0.25, 0.3) is 0 Å². The summed E-state index contributed by atoms with van der Waals surface area (Å²) in [6, 6.07) is 0. The number of nitrogens with zero attached hydrogens (tertiary/aromatic N) is 3. The van der Waals surface area contributed by atoms with Crippen LogP contribution in [0.4, 0.5) is 0 Å². The Kier molecular flexibility index (Phi) is 2.21. The van der Waals surface area contributed by atoms with E-state index in [2.05, 4.69) is 16.6 Å². The fraction of sp³-hybridized carbons (Fsp3) is 0.250. The molecule has 0 N–H and O–H groups in total. The van der Waals surface area contributed by atoms with Gasteiger partial charge in [-0.3, -0.25) is 9.98 Å². The second-order valence-corrected chi connectivity index (χ2v) is 2.15. The highest BCUT2D eigenvalue weighted by Crippen LogP contribution is 1.83. The van der Waals surface area contributed by atoms with Gasteiger partial charge in [0.15, 0.2) is 5.49 Å². The van der Waals surface area contributed by atoms with Crippen molar-refractivity contribution in [2.75, 3.05) is 7.05 Å². The highest BCUT2D eigenvalue weighted by Gasteiger charge is 1.91. The molecule has 0 aliphatic carbocycles. The van der Waals surface area contributed by atoms with E-state index in [-0.39, 0.29) is 0 Å². The maximum atomic E-state index is 4.10. The third-order valence-electron chi connectivity index (χ3n) is 1.47. The summed E-state index contributed by atoms with van der Waals surface area (Å²) in [5.74, 6) is 0. The molecule has 3 heteroatoms. The van der Waals surface area contributed by atoms with E-state index in [1.807, 2.05) is 17.7 Å². The Morgan fingerprint density at radius 1 is 1.73 bits per heavy atom. The molecule has 1 aromatic heterocycles. The van der Waals surface area contributed by atoms with Gasteiger partial charge in [0.1, 0.15) is 0 Å². The molecule has 0 aliphatic heterocycles. The molecule has 1 aromatic rings. The summed E-state index contributed by atoms with van der Waals surface area (Å²) < 4.78 is 1.84. The summed E-state index contributed by atoms with van der Waals surface area (Å²) in [5, 5.41) is 0. The van der Waals surface area contributed by atoms with Crippen molar-refractivity contribution in [3.8, 4) is 0 Å². The van der Waals surface area contributed by atoms with E-state index in [1.165, 1.54) is 0 Å². The Balaban J connectivity index is 3.49. The highest BCUT2D eigenvalue weighted by atomic mass is 15.0. The van der Waals surface area contributed by atoms with Crippen molar-refractivity contribution in [3.63, 3.8) is 0 Å². The van der Waals surface area contributed by atoms with E-state index in [0.717, 1.165) is 11.2 Å². The van der Waals surface area contributed by atoms with Crippen molar-refractivity contribution in [2.45, 2.75) is 6.92 Å². The first-order chi connectivity index (χ1) is 5.29. The zero-order valence-electron chi connectivity index (χ0n) is 6.78. The molecular formula is C8H11N3. The van der Waals surface area contributed by atoms with Crippen molar-refractivity contribution in [1.82, 2.24) is 9.55 Å². The van der Waals surface area contributed by atoms with Gasteiger partial charge < -0.3 is 4.57 Å². The Hall–Kier alpha value is -1.38. The molecule has 0 unspecified atom stereocenters. The lowest BCUT2D eigenvalue weighted by molar-refractivity contribution is 0.917. The first kappa shape index (κ1) is 7.72. The normalized spacial score (nSPS) is 11.6. The standard InChI is InChI=1S/C8H11N3/c1-4-11-6-5-10-7(2)8(11)9-3/h4-6H,1H2,2-3H3/b9-8-. The fourth-order valence-electron chi connectivity index (χ4n) is 0.957. The zero-order chi connectivity index (χ0) is 8.27. The van der Waals surface area contributed by atoms with Crippen molar-refractivity contribution in [2.24, 2.45) is 4.99 Å². The molecule has 3 nitrogen and oxygen atoms in total. The van der Waals surface area contributed by atoms with Crippen LogP contribution in [0, 0.1) is 6.92 Å². The lowest BCUT2D eigenvalue weighted by atomic mass is 10.5. The number of rotatable bonds is 1. The molecule has 0 atom stereocenters. The first-order valence-electron chi connectivity index (χ1n) is 3.38. The van der Waals surface area contributed by atoms with E-state index in [4.69, 9.17) is 0 Å². The number of aryl methyl sites for hydroxylation is 1. The average molecular weight is 149 g/mol. The van der Waals surface area contributed by atoms with Crippen molar-refractivity contribution in [3.05, 3.63) is 30.2 Å². The Morgan fingerprint density at radius 2 is 2.45 bits per heavy atom. The van der Waals surface area contributed by atoms with Crippen LogP contribution in [0.25, 0.3) is 6.20 Å². The van der Waals surface area contributed by atoms with Gasteiger partial charge in [0.2, 0.25) is 0 Å². The topological polar surface area (TPSA) is 30.2 Å². The van der Waals surface area contributed by atoms with Gasteiger partial charge in [-0.2, -0.15) is 0 Å². The second kappa shape index (κ2) is 3.14. The highest BCUT2D eigenvalue weighted by molar-refractivity contribution is 5.16. The smallest absolute Gasteiger partial charge is 0.153 e. The average Bonchev–Trinajstić information content (AvgIpc) is 2.04. The van der Waals surface area contributed by atoms with Gasteiger partial charge >= 0.3 is 0 Å². The van der Waals surface area contributed by atoms with Crippen LogP contribution < -0.4 is 5.49 Å². The van der Waals surface area contributed by atoms with Gasteiger partial charge in [0.05, 0.1) is 5.69 Å². The molecule has 58 valence electrons. The van der Waals surface area contributed by atoms with E-state index >= 15 is 0 Å². The third-order valence-corrected chi connectivity index (χ3v) is 1.47. The molecule has 0 radical (unpaired) electrons. The minimum absolute atomic E-state index is 0.850. The molecule has 11 heavy (non-hydrogen) atoms. The Bertz CT molecular complexity index is 322. The van der Waals surface area contributed by atoms with Gasteiger partial charge in [-0.05, 0) is 6.92 Å². The summed E-state index contributed by atoms with van der Waals surface area (Å²) in [6.07, 6.45) is 5.26. The predicted molar refractivity (Wildman–Crippen MR) is 44.8 cm³/mol. The van der Waals surface area contributed by atoms with E-state index in [1.54, 1.807) is 19.4 Å². The van der Waals surface area contributed by atoms with Crippen molar-refractivity contribution < 1.29 is 0 Å². The maximum absolute atomic E-state index is 4.10. The Labute approximate surface area is 65.7 Å². The Morgan fingerprint density at radius 3 is 2.91 bits per heavy atom. The van der Waals surface area contributed by atoms with Crippen LogP contribution in [0.15, 0.2) is 24.0 Å². The van der Waals surface area contributed by atoms with Crippen LogP contribution in [0.2, 0.25) is 0 Å². The summed E-state index contributed by atoms with van der Waals surface area (Å²) in [4.78, 5) is 8.17. The number of hydrogen-bond donors (Lipinski definition) is 0. The van der Waals surface area contributed by atoms with Crippen molar-refractivity contribution >= 4 is 6.20 Å². The van der Waals surface area contributed by atoms with E-state index in [0.29, 0.717) is 0 Å². The molecule has 1 rings (SSSR count). The molecular weight excluding hydrogens is 138 g/mol. The van der Waals surface area contributed by atoms with Crippen LogP contribution in [0.5, 0.6) is 0 Å². The maximum Gasteiger partial charge on any atom is 0.153 e. The molecule has 0 aromatic carbocycles. The van der Waals surface area contributed by atoms with Crippen LogP contribution in [0.3, 0.4) is 0 Å². The van der Waals surface area contributed by atoms with Gasteiger partial charge in [-0.15, -0.1) is 0 Å². The van der Waals surface area contributed by atoms with E-state index < -0.39 is 0 Å². The van der Waals surface area contributed by atoms with Gasteiger partial charge in [-0.25, -0.2) is 0 Å². The van der Waals surface area contributed by atoms with Gasteiger partial charge in [-0.1, -0.05) is 6.58 Å². The first-order valence-corrected chi connectivity index (χ1v) is 3.38. The number of hydrogen-bond acceptors (Lipinski definition) is 2. The van der Waals surface area contributed by atoms with Crippen LogP contribution in [-0.2, 0) is 0 Å². The molecule has 0 spiro atoms. The van der Waals surface area contributed by atoms with Crippen LogP contribution in [-0.4, -0.2) is 16.6 Å². The SMILES string of the molecule is C=Cn1ccnc(C)/c1=N/C. The van der Waals surface area contributed by atoms with Crippen LogP contribution in [0.1, 0.15) is 5.69 Å². The molecule has 0 saturated carbocycles. The quantitative estimate of drug-likeness (QED) is 0.581. The summed E-state index contributed by atoms with van der Waals surface area (Å²) in [6.45, 7) is 5.57. The van der Waals surface area contributed by atoms with E-state index in [9.17, 15) is 0 Å². The van der Waals surface area contributed by atoms with Crippen LogP contribution >= 0.6 is 0 Å². The predicted octanol–water partition coefficient (Wildman–Crippen LogP) is 0.823.